The first-order valence-corrected chi connectivity index (χ1v) is 6.69. The second kappa shape index (κ2) is 5.36. The Balaban J connectivity index is 1.97. The smallest absolute Gasteiger partial charge is 0.304 e. The van der Waals surface area contributed by atoms with E-state index >= 15 is 0 Å². The molecule has 4 nitrogen and oxygen atoms in total. The number of carbonyl (C=O) groups is 1. The molecule has 0 spiro atoms. The third-order valence-electron chi connectivity index (χ3n) is 3.97. The van der Waals surface area contributed by atoms with Crippen LogP contribution in [0.4, 0.5) is 0 Å². The number of likely N-dealkylation sites (tertiary alicyclic amines) is 1. The monoisotopic (exact) mass is 241 g/mol. The Morgan fingerprint density at radius 1 is 1.35 bits per heavy atom. The van der Waals surface area contributed by atoms with Gasteiger partial charge in [-0.1, -0.05) is 0 Å². The van der Waals surface area contributed by atoms with Gasteiger partial charge in [0.05, 0.1) is 18.6 Å². The van der Waals surface area contributed by atoms with Crippen LogP contribution in [0.3, 0.4) is 0 Å². The average Bonchev–Trinajstić information content (AvgIpc) is 2.63. The van der Waals surface area contributed by atoms with Crippen molar-refractivity contribution in [1.82, 2.24) is 4.90 Å². The maximum Gasteiger partial charge on any atom is 0.304 e. The van der Waals surface area contributed by atoms with Crippen LogP contribution >= 0.6 is 0 Å². The summed E-state index contributed by atoms with van der Waals surface area (Å²) in [4.78, 5) is 13.3. The summed E-state index contributed by atoms with van der Waals surface area (Å²) < 4.78 is 5.75. The molecule has 2 heterocycles. The van der Waals surface area contributed by atoms with Gasteiger partial charge in [-0.15, -0.1) is 0 Å². The quantitative estimate of drug-likeness (QED) is 0.819. The Kier molecular flexibility index (Phi) is 4.05. The van der Waals surface area contributed by atoms with Crippen LogP contribution in [0.5, 0.6) is 0 Å². The SMILES string of the molecule is CC1CC(N2CCCC2CC(=O)O)CC(C)O1. The molecule has 0 radical (unpaired) electrons. The summed E-state index contributed by atoms with van der Waals surface area (Å²) in [5, 5.41) is 8.94. The van der Waals surface area contributed by atoms with E-state index in [2.05, 4.69) is 18.7 Å². The predicted molar refractivity (Wildman–Crippen MR) is 65.0 cm³/mol. The zero-order valence-corrected chi connectivity index (χ0v) is 10.8. The Morgan fingerprint density at radius 3 is 2.59 bits per heavy atom. The Bertz CT molecular complexity index is 272. The Hall–Kier alpha value is -0.610. The van der Waals surface area contributed by atoms with Gasteiger partial charge in [-0.05, 0) is 46.1 Å². The minimum absolute atomic E-state index is 0.245. The Morgan fingerprint density at radius 2 is 2.00 bits per heavy atom. The van der Waals surface area contributed by atoms with Crippen molar-refractivity contribution < 1.29 is 14.6 Å². The van der Waals surface area contributed by atoms with Gasteiger partial charge in [-0.25, -0.2) is 0 Å². The van der Waals surface area contributed by atoms with Crippen LogP contribution in [0.25, 0.3) is 0 Å². The molecule has 0 aromatic rings. The minimum atomic E-state index is -0.671. The predicted octanol–water partition coefficient (Wildman–Crippen LogP) is 1.88. The second-order valence-electron chi connectivity index (χ2n) is 5.51. The fraction of sp³-hybridized carbons (Fsp3) is 0.923. The number of hydrogen-bond donors (Lipinski definition) is 1. The van der Waals surface area contributed by atoms with Gasteiger partial charge >= 0.3 is 5.97 Å². The molecule has 2 saturated heterocycles. The lowest BCUT2D eigenvalue weighted by Gasteiger charge is -2.40. The van der Waals surface area contributed by atoms with Crippen molar-refractivity contribution >= 4 is 5.97 Å². The van der Waals surface area contributed by atoms with E-state index in [1.54, 1.807) is 0 Å². The molecule has 2 aliphatic rings. The highest BCUT2D eigenvalue weighted by atomic mass is 16.5. The highest BCUT2D eigenvalue weighted by Crippen LogP contribution is 2.30. The first-order chi connectivity index (χ1) is 8.06. The molecule has 0 aromatic carbocycles. The van der Waals surface area contributed by atoms with E-state index in [4.69, 9.17) is 9.84 Å². The van der Waals surface area contributed by atoms with Gasteiger partial charge in [0, 0.05) is 12.1 Å². The lowest BCUT2D eigenvalue weighted by molar-refractivity contribution is -0.138. The fourth-order valence-corrected chi connectivity index (χ4v) is 3.40. The molecule has 2 fully saturated rings. The molecule has 0 aromatic heterocycles. The van der Waals surface area contributed by atoms with Gasteiger partial charge in [0.15, 0.2) is 0 Å². The third kappa shape index (κ3) is 3.19. The second-order valence-corrected chi connectivity index (χ2v) is 5.51. The number of rotatable bonds is 3. The topological polar surface area (TPSA) is 49.8 Å². The molecule has 17 heavy (non-hydrogen) atoms. The lowest BCUT2D eigenvalue weighted by atomic mass is 9.97. The standard InChI is InChI=1S/C13H23NO3/c1-9-6-12(7-10(2)17-9)14-5-3-4-11(14)8-13(15)16/h9-12H,3-8H2,1-2H3,(H,15,16). The first-order valence-electron chi connectivity index (χ1n) is 6.69. The summed E-state index contributed by atoms with van der Waals surface area (Å²) in [7, 11) is 0. The molecule has 0 amide bonds. The molecule has 0 aliphatic carbocycles. The van der Waals surface area contributed by atoms with Crippen LogP contribution in [-0.4, -0.2) is 46.8 Å². The summed E-state index contributed by atoms with van der Waals surface area (Å²) >= 11 is 0. The minimum Gasteiger partial charge on any atom is -0.481 e. The molecule has 2 aliphatic heterocycles. The zero-order valence-electron chi connectivity index (χ0n) is 10.8. The van der Waals surface area contributed by atoms with E-state index in [1.165, 1.54) is 0 Å². The Labute approximate surface area is 103 Å². The molecule has 1 N–H and O–H groups in total. The highest BCUT2D eigenvalue weighted by Gasteiger charge is 2.35. The van der Waals surface area contributed by atoms with E-state index in [0.29, 0.717) is 24.7 Å². The molecular formula is C13H23NO3. The van der Waals surface area contributed by atoms with Crippen molar-refractivity contribution in [3.63, 3.8) is 0 Å². The van der Waals surface area contributed by atoms with Gasteiger partial charge in [-0.3, -0.25) is 9.69 Å². The van der Waals surface area contributed by atoms with Gasteiger partial charge in [0.2, 0.25) is 0 Å². The van der Waals surface area contributed by atoms with Gasteiger partial charge in [0.1, 0.15) is 0 Å². The maximum atomic E-state index is 10.9. The van der Waals surface area contributed by atoms with Crippen LogP contribution in [0.15, 0.2) is 0 Å². The summed E-state index contributed by atoms with van der Waals surface area (Å²) in [6, 6.07) is 0.760. The van der Waals surface area contributed by atoms with Crippen LogP contribution in [0.2, 0.25) is 0 Å². The lowest BCUT2D eigenvalue weighted by Crippen LogP contribution is -2.46. The van der Waals surface area contributed by atoms with E-state index in [1.807, 2.05) is 0 Å². The summed E-state index contributed by atoms with van der Waals surface area (Å²) in [6.45, 7) is 5.29. The average molecular weight is 241 g/mol. The van der Waals surface area contributed by atoms with Crippen molar-refractivity contribution in [3.05, 3.63) is 0 Å². The molecule has 3 unspecified atom stereocenters. The third-order valence-corrected chi connectivity index (χ3v) is 3.97. The highest BCUT2D eigenvalue weighted by molar-refractivity contribution is 5.67. The van der Waals surface area contributed by atoms with Gasteiger partial charge in [0.25, 0.3) is 0 Å². The van der Waals surface area contributed by atoms with Gasteiger partial charge < -0.3 is 9.84 Å². The van der Waals surface area contributed by atoms with Crippen LogP contribution in [0, 0.1) is 0 Å². The molecule has 0 bridgehead atoms. The number of carboxylic acid groups (broad SMARTS) is 1. The van der Waals surface area contributed by atoms with E-state index < -0.39 is 5.97 Å². The fourth-order valence-electron chi connectivity index (χ4n) is 3.40. The van der Waals surface area contributed by atoms with E-state index in [-0.39, 0.29) is 6.04 Å². The van der Waals surface area contributed by atoms with Crippen molar-refractivity contribution in [2.24, 2.45) is 0 Å². The van der Waals surface area contributed by atoms with E-state index in [0.717, 1.165) is 32.2 Å². The molecule has 0 saturated carbocycles. The van der Waals surface area contributed by atoms with Crippen molar-refractivity contribution in [2.75, 3.05) is 6.54 Å². The largest absolute Gasteiger partial charge is 0.481 e. The van der Waals surface area contributed by atoms with Crippen molar-refractivity contribution in [1.29, 1.82) is 0 Å². The zero-order chi connectivity index (χ0) is 12.4. The number of nitrogens with zero attached hydrogens (tertiary/aromatic N) is 1. The number of hydrogen-bond acceptors (Lipinski definition) is 3. The normalized spacial score (nSPS) is 39.4. The van der Waals surface area contributed by atoms with Crippen LogP contribution in [0.1, 0.15) is 46.0 Å². The summed E-state index contributed by atoms with van der Waals surface area (Å²) in [5.74, 6) is -0.671. The van der Waals surface area contributed by atoms with Gasteiger partial charge in [-0.2, -0.15) is 0 Å². The van der Waals surface area contributed by atoms with Crippen molar-refractivity contribution in [2.45, 2.75) is 70.2 Å². The van der Waals surface area contributed by atoms with Crippen LogP contribution < -0.4 is 0 Å². The first kappa shape index (κ1) is 12.8. The summed E-state index contributed by atoms with van der Waals surface area (Å²) in [6.07, 6.45) is 5.15. The molecule has 4 heteroatoms. The number of carboxylic acids is 1. The number of ether oxygens (including phenoxy) is 1. The van der Waals surface area contributed by atoms with Crippen LogP contribution in [-0.2, 0) is 9.53 Å². The van der Waals surface area contributed by atoms with E-state index in [9.17, 15) is 4.79 Å². The molecular weight excluding hydrogens is 218 g/mol. The molecule has 2 rings (SSSR count). The maximum absolute atomic E-state index is 10.9. The molecule has 3 atom stereocenters. The number of aliphatic carboxylic acids is 1. The van der Waals surface area contributed by atoms with Crippen molar-refractivity contribution in [3.8, 4) is 0 Å². The molecule has 98 valence electrons. The summed E-state index contributed by atoms with van der Waals surface area (Å²) in [5.41, 5.74) is 0.